The Labute approximate surface area is 190 Å². The van der Waals surface area contributed by atoms with E-state index < -0.39 is 0 Å². The number of amides is 1. The number of para-hydroxylation sites is 1. The lowest BCUT2D eigenvalue weighted by Crippen LogP contribution is -2.15. The van der Waals surface area contributed by atoms with Gasteiger partial charge in [-0.15, -0.1) is 10.2 Å². The lowest BCUT2D eigenvalue weighted by atomic mass is 10.1. The number of ether oxygens (including phenoxy) is 2. The van der Waals surface area contributed by atoms with Gasteiger partial charge in [0.2, 0.25) is 5.91 Å². The molecule has 31 heavy (non-hydrogen) atoms. The molecule has 1 aliphatic heterocycles. The topological polar surface area (TPSA) is 78.3 Å². The Bertz CT molecular complexity index is 1070. The minimum absolute atomic E-state index is 0.145. The van der Waals surface area contributed by atoms with E-state index in [2.05, 4.69) is 15.5 Å². The molecule has 1 N–H and O–H groups in total. The number of fused-ring (bicyclic) bond motifs is 1. The van der Waals surface area contributed by atoms with Crippen molar-refractivity contribution in [3.8, 4) is 11.5 Å². The van der Waals surface area contributed by atoms with Crippen molar-refractivity contribution in [3.05, 3.63) is 58.9 Å². The van der Waals surface area contributed by atoms with E-state index in [0.29, 0.717) is 42.0 Å². The van der Waals surface area contributed by atoms with Gasteiger partial charge in [-0.3, -0.25) is 4.79 Å². The Kier molecular flexibility index (Phi) is 6.99. The molecule has 0 spiro atoms. The van der Waals surface area contributed by atoms with Gasteiger partial charge in [0.25, 0.3) is 0 Å². The molecule has 1 aliphatic rings. The average Bonchev–Trinajstić information content (AvgIpc) is 3.00. The predicted molar refractivity (Wildman–Crippen MR) is 121 cm³/mol. The van der Waals surface area contributed by atoms with Crippen molar-refractivity contribution in [2.45, 2.75) is 31.5 Å². The molecule has 0 fully saturated rings. The van der Waals surface area contributed by atoms with Gasteiger partial charge in [-0.1, -0.05) is 41.6 Å². The summed E-state index contributed by atoms with van der Waals surface area (Å²) in [6.45, 7) is 4.07. The van der Waals surface area contributed by atoms with Crippen LogP contribution in [0.3, 0.4) is 0 Å². The summed E-state index contributed by atoms with van der Waals surface area (Å²) in [5, 5.41) is 12.7. The summed E-state index contributed by atoms with van der Waals surface area (Å²) in [5.74, 6) is 2.45. The van der Waals surface area contributed by atoms with E-state index in [0.717, 1.165) is 29.3 Å². The van der Waals surface area contributed by atoms with Gasteiger partial charge in [-0.25, -0.2) is 0 Å². The molecule has 0 aliphatic carbocycles. The highest BCUT2D eigenvalue weighted by Crippen LogP contribution is 2.31. The van der Waals surface area contributed by atoms with E-state index in [9.17, 15) is 4.79 Å². The van der Waals surface area contributed by atoms with Crippen molar-refractivity contribution in [1.82, 2.24) is 14.8 Å². The van der Waals surface area contributed by atoms with E-state index in [-0.39, 0.29) is 11.7 Å². The summed E-state index contributed by atoms with van der Waals surface area (Å²) < 4.78 is 13.5. The Hall–Kier alpha value is -2.71. The molecule has 1 aromatic heterocycles. The molecule has 3 aromatic rings. The molecule has 4 rings (SSSR count). The standard InChI is InChI=1S/C22H23ClN4O3S/c1-2-27-20(13-15-8-9-18-19(12-15)30-11-5-10-29-18)25-26-22(27)31-14-21(28)24-17-7-4-3-6-16(17)23/h3-4,6-9,12H,2,5,10-11,13-14H2,1H3,(H,24,28). The SMILES string of the molecule is CCn1c(Cc2ccc3c(c2)OCCCO3)nnc1SCC(=O)Nc1ccccc1Cl. The third-order valence-electron chi connectivity index (χ3n) is 4.76. The fourth-order valence-corrected chi connectivity index (χ4v) is 4.26. The molecule has 0 saturated carbocycles. The fraction of sp³-hybridized carbons (Fsp3) is 0.318. The monoisotopic (exact) mass is 458 g/mol. The molecule has 1 amide bonds. The van der Waals surface area contributed by atoms with Crippen LogP contribution in [0.15, 0.2) is 47.6 Å². The van der Waals surface area contributed by atoms with Gasteiger partial charge in [0.1, 0.15) is 5.82 Å². The van der Waals surface area contributed by atoms with Crippen LogP contribution >= 0.6 is 23.4 Å². The smallest absolute Gasteiger partial charge is 0.234 e. The molecular weight excluding hydrogens is 436 g/mol. The summed E-state index contributed by atoms with van der Waals surface area (Å²) in [5.41, 5.74) is 1.67. The van der Waals surface area contributed by atoms with Crippen LogP contribution in [-0.4, -0.2) is 39.6 Å². The third-order valence-corrected chi connectivity index (χ3v) is 6.06. The zero-order chi connectivity index (χ0) is 21.6. The third kappa shape index (κ3) is 5.32. The fourth-order valence-electron chi connectivity index (χ4n) is 3.25. The normalized spacial score (nSPS) is 13.0. The second-order valence-corrected chi connectivity index (χ2v) is 8.32. The van der Waals surface area contributed by atoms with Gasteiger partial charge < -0.3 is 19.4 Å². The second-order valence-electron chi connectivity index (χ2n) is 6.97. The first kappa shape index (κ1) is 21.5. The quantitative estimate of drug-likeness (QED) is 0.527. The van der Waals surface area contributed by atoms with Gasteiger partial charge in [0, 0.05) is 19.4 Å². The number of benzene rings is 2. The van der Waals surface area contributed by atoms with Crippen molar-refractivity contribution in [2.24, 2.45) is 0 Å². The van der Waals surface area contributed by atoms with E-state index in [1.165, 1.54) is 11.8 Å². The van der Waals surface area contributed by atoms with Crippen molar-refractivity contribution in [1.29, 1.82) is 0 Å². The van der Waals surface area contributed by atoms with Crippen molar-refractivity contribution in [3.63, 3.8) is 0 Å². The van der Waals surface area contributed by atoms with Crippen LogP contribution in [0.5, 0.6) is 11.5 Å². The van der Waals surface area contributed by atoms with Gasteiger partial charge in [0.15, 0.2) is 16.7 Å². The molecule has 0 unspecified atom stereocenters. The summed E-state index contributed by atoms with van der Waals surface area (Å²) in [7, 11) is 0. The lowest BCUT2D eigenvalue weighted by Gasteiger charge is -2.10. The van der Waals surface area contributed by atoms with Gasteiger partial charge in [-0.05, 0) is 36.8 Å². The van der Waals surface area contributed by atoms with Crippen LogP contribution in [-0.2, 0) is 17.8 Å². The maximum absolute atomic E-state index is 12.3. The number of halogens is 1. The molecule has 2 aromatic carbocycles. The number of rotatable bonds is 7. The molecule has 162 valence electrons. The summed E-state index contributed by atoms with van der Waals surface area (Å²) in [6.07, 6.45) is 1.49. The Balaban J connectivity index is 1.41. The molecule has 2 heterocycles. The van der Waals surface area contributed by atoms with E-state index in [1.54, 1.807) is 12.1 Å². The van der Waals surface area contributed by atoms with Crippen LogP contribution in [0.2, 0.25) is 5.02 Å². The lowest BCUT2D eigenvalue weighted by molar-refractivity contribution is -0.113. The number of nitrogens with one attached hydrogen (secondary N) is 1. The maximum atomic E-state index is 12.3. The number of anilines is 1. The molecule has 0 saturated heterocycles. The van der Waals surface area contributed by atoms with E-state index in [4.69, 9.17) is 21.1 Å². The minimum atomic E-state index is -0.145. The number of carbonyl (C=O) groups is 1. The number of hydrogen-bond acceptors (Lipinski definition) is 6. The average molecular weight is 459 g/mol. The Morgan fingerprint density at radius 1 is 1.16 bits per heavy atom. The summed E-state index contributed by atoms with van der Waals surface area (Å²) in [6, 6.07) is 13.1. The van der Waals surface area contributed by atoms with Crippen molar-refractivity contribution in [2.75, 3.05) is 24.3 Å². The highest BCUT2D eigenvalue weighted by Gasteiger charge is 2.16. The Morgan fingerprint density at radius 2 is 1.97 bits per heavy atom. The van der Waals surface area contributed by atoms with Crippen LogP contribution < -0.4 is 14.8 Å². The highest BCUT2D eigenvalue weighted by molar-refractivity contribution is 7.99. The minimum Gasteiger partial charge on any atom is -0.490 e. The molecule has 0 atom stereocenters. The number of carbonyl (C=O) groups excluding carboxylic acids is 1. The van der Waals surface area contributed by atoms with Crippen LogP contribution in [0.25, 0.3) is 0 Å². The van der Waals surface area contributed by atoms with Gasteiger partial charge in [-0.2, -0.15) is 0 Å². The van der Waals surface area contributed by atoms with Crippen LogP contribution in [0, 0.1) is 0 Å². The van der Waals surface area contributed by atoms with E-state index >= 15 is 0 Å². The first-order chi connectivity index (χ1) is 15.1. The second kappa shape index (κ2) is 10.1. The molecule has 0 bridgehead atoms. The zero-order valence-corrected chi connectivity index (χ0v) is 18.7. The summed E-state index contributed by atoms with van der Waals surface area (Å²) >= 11 is 7.45. The molecular formula is C22H23ClN4O3S. The van der Waals surface area contributed by atoms with Crippen LogP contribution in [0.4, 0.5) is 5.69 Å². The maximum Gasteiger partial charge on any atom is 0.234 e. The van der Waals surface area contributed by atoms with Crippen LogP contribution in [0.1, 0.15) is 24.7 Å². The largest absolute Gasteiger partial charge is 0.490 e. The first-order valence-electron chi connectivity index (χ1n) is 10.1. The predicted octanol–water partition coefficient (Wildman–Crippen LogP) is 4.43. The zero-order valence-electron chi connectivity index (χ0n) is 17.1. The molecule has 0 radical (unpaired) electrons. The Morgan fingerprint density at radius 3 is 2.77 bits per heavy atom. The number of thioether (sulfide) groups is 1. The number of aromatic nitrogens is 3. The van der Waals surface area contributed by atoms with Crippen molar-refractivity contribution >= 4 is 35.0 Å². The summed E-state index contributed by atoms with van der Waals surface area (Å²) in [4.78, 5) is 12.3. The number of hydrogen-bond donors (Lipinski definition) is 1. The van der Waals surface area contributed by atoms with E-state index in [1.807, 2.05) is 41.8 Å². The van der Waals surface area contributed by atoms with Crippen molar-refractivity contribution < 1.29 is 14.3 Å². The molecule has 7 nitrogen and oxygen atoms in total. The number of nitrogens with zero attached hydrogens (tertiary/aromatic N) is 3. The highest BCUT2D eigenvalue weighted by atomic mass is 35.5. The van der Waals surface area contributed by atoms with Gasteiger partial charge >= 0.3 is 0 Å². The molecule has 9 heteroatoms. The first-order valence-corrected chi connectivity index (χ1v) is 11.5. The van der Waals surface area contributed by atoms with Gasteiger partial charge in [0.05, 0.1) is 29.7 Å².